The number of nitrogens with zero attached hydrogens (tertiary/aromatic N) is 2. The molecule has 0 saturated carbocycles. The summed E-state index contributed by atoms with van der Waals surface area (Å²) >= 11 is 0. The normalized spacial score (nSPS) is 11.7. The van der Waals surface area contributed by atoms with E-state index in [2.05, 4.69) is 26.7 Å². The lowest BCUT2D eigenvalue weighted by atomic mass is 10.0. The number of nitrogens with one attached hydrogen (secondary N) is 3. The van der Waals surface area contributed by atoms with E-state index in [-0.39, 0.29) is 18.4 Å². The second-order valence-corrected chi connectivity index (χ2v) is 5.41. The molecule has 3 aromatic rings. The number of hydrogen-bond donors (Lipinski definition) is 3. The van der Waals surface area contributed by atoms with Crippen LogP contribution < -0.4 is 10.6 Å². The number of amides is 1. The standard InChI is InChI=1S/C18H17N5O/c1-20-17(24)10-16(13-6-4-5-12(9-13)11-19)23-18-21-14-7-2-3-8-15(14)22-18/h2-9,16H,10H2,1H3,(H,20,24)(H2,21,22,23). The van der Waals surface area contributed by atoms with E-state index in [1.54, 1.807) is 19.2 Å². The topological polar surface area (TPSA) is 93.6 Å². The summed E-state index contributed by atoms with van der Waals surface area (Å²) in [6.45, 7) is 0. The number of fused-ring (bicyclic) bond motifs is 1. The molecule has 1 amide bonds. The van der Waals surface area contributed by atoms with Crippen molar-refractivity contribution in [3.05, 3.63) is 59.7 Å². The second-order valence-electron chi connectivity index (χ2n) is 5.41. The van der Waals surface area contributed by atoms with Gasteiger partial charge in [-0.2, -0.15) is 5.26 Å². The molecule has 0 aliphatic carbocycles. The first kappa shape index (κ1) is 15.6. The average Bonchev–Trinajstić information content (AvgIpc) is 3.03. The zero-order chi connectivity index (χ0) is 16.9. The lowest BCUT2D eigenvalue weighted by Gasteiger charge is -2.18. The summed E-state index contributed by atoms with van der Waals surface area (Å²) in [5, 5.41) is 15.0. The Hall–Kier alpha value is -3.33. The Morgan fingerprint density at radius 1 is 1.29 bits per heavy atom. The molecule has 24 heavy (non-hydrogen) atoms. The van der Waals surface area contributed by atoms with Gasteiger partial charge in [-0.05, 0) is 29.8 Å². The lowest BCUT2D eigenvalue weighted by Crippen LogP contribution is -2.24. The summed E-state index contributed by atoms with van der Waals surface area (Å²) in [6, 6.07) is 16.8. The van der Waals surface area contributed by atoms with Gasteiger partial charge in [-0.25, -0.2) is 4.98 Å². The van der Waals surface area contributed by atoms with Gasteiger partial charge in [-0.1, -0.05) is 24.3 Å². The summed E-state index contributed by atoms with van der Waals surface area (Å²) in [5.41, 5.74) is 3.19. The molecule has 2 aromatic carbocycles. The smallest absolute Gasteiger partial charge is 0.222 e. The van der Waals surface area contributed by atoms with Gasteiger partial charge in [-0.15, -0.1) is 0 Å². The van der Waals surface area contributed by atoms with E-state index >= 15 is 0 Å². The molecule has 0 spiro atoms. The molecular formula is C18H17N5O. The third kappa shape index (κ3) is 3.36. The molecule has 3 N–H and O–H groups in total. The van der Waals surface area contributed by atoms with Crippen LogP contribution in [0.3, 0.4) is 0 Å². The summed E-state index contributed by atoms with van der Waals surface area (Å²) in [5.74, 6) is 0.499. The monoisotopic (exact) mass is 319 g/mol. The Labute approximate surface area is 139 Å². The molecule has 0 bridgehead atoms. The third-order valence-corrected chi connectivity index (χ3v) is 3.79. The van der Waals surface area contributed by atoms with Gasteiger partial charge >= 0.3 is 0 Å². The van der Waals surface area contributed by atoms with Gasteiger partial charge in [0.05, 0.1) is 35.1 Å². The molecule has 0 radical (unpaired) electrons. The van der Waals surface area contributed by atoms with Gasteiger partial charge in [0.2, 0.25) is 11.9 Å². The highest BCUT2D eigenvalue weighted by Gasteiger charge is 2.17. The molecule has 6 heteroatoms. The highest BCUT2D eigenvalue weighted by atomic mass is 16.1. The van der Waals surface area contributed by atoms with Crippen LogP contribution in [-0.4, -0.2) is 22.9 Å². The van der Waals surface area contributed by atoms with Gasteiger partial charge in [0.25, 0.3) is 0 Å². The molecule has 1 aromatic heterocycles. The summed E-state index contributed by atoms with van der Waals surface area (Å²) in [6.07, 6.45) is 0.239. The van der Waals surface area contributed by atoms with E-state index in [1.165, 1.54) is 0 Å². The highest BCUT2D eigenvalue weighted by molar-refractivity contribution is 5.78. The first-order chi connectivity index (χ1) is 11.7. The number of aromatic amines is 1. The first-order valence-electron chi connectivity index (χ1n) is 7.61. The van der Waals surface area contributed by atoms with E-state index in [0.29, 0.717) is 11.5 Å². The van der Waals surface area contributed by atoms with E-state index in [9.17, 15) is 4.79 Å². The Kier molecular flexibility index (Phi) is 4.43. The first-order valence-corrected chi connectivity index (χ1v) is 7.61. The maximum absolute atomic E-state index is 11.9. The quantitative estimate of drug-likeness (QED) is 0.674. The minimum absolute atomic E-state index is 0.0917. The molecule has 0 aliphatic heterocycles. The molecule has 1 heterocycles. The van der Waals surface area contributed by atoms with Crippen LogP contribution in [0, 0.1) is 11.3 Å². The fraction of sp³-hybridized carbons (Fsp3) is 0.167. The maximum atomic E-state index is 11.9. The zero-order valence-corrected chi connectivity index (χ0v) is 13.2. The van der Waals surface area contributed by atoms with Crippen molar-refractivity contribution in [2.45, 2.75) is 12.5 Å². The fourth-order valence-corrected chi connectivity index (χ4v) is 2.55. The van der Waals surface area contributed by atoms with Gasteiger partial charge in [0, 0.05) is 7.05 Å². The zero-order valence-electron chi connectivity index (χ0n) is 13.2. The largest absolute Gasteiger partial charge is 0.359 e. The van der Waals surface area contributed by atoms with Crippen molar-refractivity contribution in [2.24, 2.45) is 0 Å². The molecule has 6 nitrogen and oxygen atoms in total. The van der Waals surface area contributed by atoms with Gasteiger partial charge in [0.1, 0.15) is 0 Å². The molecule has 0 aliphatic rings. The Morgan fingerprint density at radius 2 is 2.12 bits per heavy atom. The van der Waals surface area contributed by atoms with Crippen molar-refractivity contribution in [1.29, 1.82) is 5.26 Å². The molecular weight excluding hydrogens is 302 g/mol. The Morgan fingerprint density at radius 3 is 2.88 bits per heavy atom. The van der Waals surface area contributed by atoms with Crippen molar-refractivity contribution in [1.82, 2.24) is 15.3 Å². The molecule has 1 unspecified atom stereocenters. The predicted molar refractivity (Wildman–Crippen MR) is 92.3 cm³/mol. The summed E-state index contributed by atoms with van der Waals surface area (Å²) < 4.78 is 0. The van der Waals surface area contributed by atoms with E-state index in [0.717, 1.165) is 16.6 Å². The number of hydrogen-bond acceptors (Lipinski definition) is 4. The third-order valence-electron chi connectivity index (χ3n) is 3.79. The number of carbonyl (C=O) groups is 1. The maximum Gasteiger partial charge on any atom is 0.222 e. The number of imidazole rings is 1. The summed E-state index contributed by atoms with van der Waals surface area (Å²) in [7, 11) is 1.60. The molecule has 0 fully saturated rings. The number of aromatic nitrogens is 2. The molecule has 3 rings (SSSR count). The van der Waals surface area contributed by atoms with Crippen LogP contribution in [0.25, 0.3) is 11.0 Å². The van der Waals surface area contributed by atoms with Crippen molar-refractivity contribution in [3.63, 3.8) is 0 Å². The lowest BCUT2D eigenvalue weighted by molar-refractivity contribution is -0.120. The van der Waals surface area contributed by atoms with E-state index < -0.39 is 0 Å². The molecule has 0 saturated heterocycles. The Bertz CT molecular complexity index is 876. The average molecular weight is 319 g/mol. The van der Waals surface area contributed by atoms with Crippen LogP contribution in [0.5, 0.6) is 0 Å². The van der Waals surface area contributed by atoms with Crippen LogP contribution in [0.15, 0.2) is 48.5 Å². The van der Waals surface area contributed by atoms with Crippen molar-refractivity contribution >= 4 is 22.9 Å². The minimum Gasteiger partial charge on any atom is -0.359 e. The SMILES string of the molecule is CNC(=O)CC(Nc1nc2ccccc2[nH]1)c1cccc(C#N)c1. The number of nitriles is 1. The van der Waals surface area contributed by atoms with Crippen molar-refractivity contribution < 1.29 is 4.79 Å². The number of rotatable bonds is 5. The molecule has 120 valence electrons. The van der Waals surface area contributed by atoms with E-state index in [1.807, 2.05) is 36.4 Å². The van der Waals surface area contributed by atoms with Gasteiger partial charge in [0.15, 0.2) is 0 Å². The number of benzene rings is 2. The molecule has 1 atom stereocenters. The number of anilines is 1. The van der Waals surface area contributed by atoms with Crippen molar-refractivity contribution in [2.75, 3.05) is 12.4 Å². The summed E-state index contributed by atoms with van der Waals surface area (Å²) in [4.78, 5) is 19.6. The van der Waals surface area contributed by atoms with Crippen molar-refractivity contribution in [3.8, 4) is 6.07 Å². The number of carbonyl (C=O) groups excluding carboxylic acids is 1. The van der Waals surface area contributed by atoms with Crippen LogP contribution in [0.1, 0.15) is 23.6 Å². The van der Waals surface area contributed by atoms with Crippen LogP contribution in [0.2, 0.25) is 0 Å². The van der Waals surface area contributed by atoms with Crippen LogP contribution >= 0.6 is 0 Å². The highest BCUT2D eigenvalue weighted by Crippen LogP contribution is 2.23. The van der Waals surface area contributed by atoms with Crippen LogP contribution in [-0.2, 0) is 4.79 Å². The fourth-order valence-electron chi connectivity index (χ4n) is 2.55. The van der Waals surface area contributed by atoms with Gasteiger partial charge in [-0.3, -0.25) is 4.79 Å². The number of H-pyrrole nitrogens is 1. The predicted octanol–water partition coefficient (Wildman–Crippen LogP) is 2.72. The second kappa shape index (κ2) is 6.84. The van der Waals surface area contributed by atoms with Crippen LogP contribution in [0.4, 0.5) is 5.95 Å². The van der Waals surface area contributed by atoms with E-state index in [4.69, 9.17) is 5.26 Å². The Balaban J connectivity index is 1.91. The number of para-hydroxylation sites is 2. The van der Waals surface area contributed by atoms with Gasteiger partial charge < -0.3 is 15.6 Å². The minimum atomic E-state index is -0.293.